The molecule has 0 unspecified atom stereocenters. The molecule has 0 heterocycles. The summed E-state index contributed by atoms with van der Waals surface area (Å²) in [4.78, 5) is -0.235. The molecule has 0 spiro atoms. The van der Waals surface area contributed by atoms with E-state index < -0.39 is 10.0 Å². The Labute approximate surface area is 92.5 Å². The van der Waals surface area contributed by atoms with Crippen molar-refractivity contribution in [2.45, 2.75) is 11.5 Å². The highest BCUT2D eigenvalue weighted by atomic mass is 35.5. The predicted octanol–water partition coefficient (Wildman–Crippen LogP) is 0.488. The first-order chi connectivity index (χ1) is 6.90. The summed E-state index contributed by atoms with van der Waals surface area (Å²) >= 11 is 5.76. The van der Waals surface area contributed by atoms with E-state index in [0.29, 0.717) is 5.56 Å². The number of ether oxygens (including phenoxy) is 1. The summed E-state index contributed by atoms with van der Waals surface area (Å²) in [7, 11) is -2.64. The van der Waals surface area contributed by atoms with E-state index in [9.17, 15) is 8.42 Å². The van der Waals surface area contributed by atoms with Crippen molar-refractivity contribution < 1.29 is 18.3 Å². The minimum atomic E-state index is -3.92. The molecular weight excluding hydrogens is 242 g/mol. The lowest BCUT2D eigenvalue weighted by Gasteiger charge is -2.10. The Balaban J connectivity index is 3.53. The van der Waals surface area contributed by atoms with E-state index in [0.717, 1.165) is 0 Å². The maximum absolute atomic E-state index is 11.2. The molecule has 7 heteroatoms. The Kier molecular flexibility index (Phi) is 3.56. The van der Waals surface area contributed by atoms with E-state index >= 15 is 0 Å². The van der Waals surface area contributed by atoms with Gasteiger partial charge >= 0.3 is 0 Å². The van der Waals surface area contributed by atoms with Crippen LogP contribution in [0.5, 0.6) is 5.75 Å². The summed E-state index contributed by atoms with van der Waals surface area (Å²) in [5, 5.41) is 13.9. The Bertz CT molecular complexity index is 472. The number of aliphatic hydroxyl groups is 1. The van der Waals surface area contributed by atoms with Crippen LogP contribution in [0.15, 0.2) is 17.0 Å². The van der Waals surface area contributed by atoms with Gasteiger partial charge in [-0.15, -0.1) is 0 Å². The first-order valence-corrected chi connectivity index (χ1v) is 5.82. The van der Waals surface area contributed by atoms with Crippen LogP contribution >= 0.6 is 11.6 Å². The molecule has 0 aliphatic heterocycles. The molecule has 0 aliphatic rings. The van der Waals surface area contributed by atoms with E-state index in [1.807, 2.05) is 0 Å². The first kappa shape index (κ1) is 12.3. The van der Waals surface area contributed by atoms with Gasteiger partial charge in [0, 0.05) is 0 Å². The van der Waals surface area contributed by atoms with Crippen LogP contribution in [0.25, 0.3) is 0 Å². The molecule has 84 valence electrons. The van der Waals surface area contributed by atoms with Gasteiger partial charge in [-0.1, -0.05) is 11.6 Å². The number of sulfonamides is 1. The number of methoxy groups -OCH3 is 1. The normalized spacial score (nSPS) is 11.5. The van der Waals surface area contributed by atoms with E-state index in [4.69, 9.17) is 26.6 Å². The minimum absolute atomic E-state index is 0.0173. The van der Waals surface area contributed by atoms with Gasteiger partial charge in [-0.05, 0) is 17.7 Å². The summed E-state index contributed by atoms with van der Waals surface area (Å²) in [6.07, 6.45) is 0. The van der Waals surface area contributed by atoms with Crippen molar-refractivity contribution in [1.82, 2.24) is 0 Å². The highest BCUT2D eigenvalue weighted by Crippen LogP contribution is 2.32. The average Bonchev–Trinajstić information content (AvgIpc) is 2.15. The van der Waals surface area contributed by atoms with Crippen molar-refractivity contribution in [2.75, 3.05) is 7.11 Å². The standard InChI is InChI=1S/C8H10ClNO4S/c1-14-8-6(9)2-5(4-11)3-7(8)15(10,12)13/h2-3,11H,4H2,1H3,(H2,10,12,13). The zero-order chi connectivity index (χ0) is 11.6. The molecule has 5 nitrogen and oxygen atoms in total. The molecule has 15 heavy (non-hydrogen) atoms. The van der Waals surface area contributed by atoms with E-state index in [-0.39, 0.29) is 22.3 Å². The number of halogens is 1. The predicted molar refractivity (Wildman–Crippen MR) is 55.3 cm³/mol. The summed E-state index contributed by atoms with van der Waals surface area (Å²) in [6.45, 7) is -0.327. The van der Waals surface area contributed by atoms with Gasteiger partial charge in [0.25, 0.3) is 0 Å². The molecule has 0 saturated heterocycles. The molecule has 0 aliphatic carbocycles. The quantitative estimate of drug-likeness (QED) is 0.818. The Morgan fingerprint density at radius 3 is 2.53 bits per heavy atom. The SMILES string of the molecule is COc1c(Cl)cc(CO)cc1S(N)(=O)=O. The fourth-order valence-electron chi connectivity index (χ4n) is 1.12. The van der Waals surface area contributed by atoms with Crippen LogP contribution in [0.3, 0.4) is 0 Å². The number of aliphatic hydroxyl groups excluding tert-OH is 1. The topological polar surface area (TPSA) is 89.6 Å². The second kappa shape index (κ2) is 4.36. The molecule has 0 amide bonds. The van der Waals surface area contributed by atoms with Crippen LogP contribution in [-0.4, -0.2) is 20.6 Å². The molecular formula is C8H10ClNO4S. The largest absolute Gasteiger partial charge is 0.494 e. The van der Waals surface area contributed by atoms with Gasteiger partial charge < -0.3 is 9.84 Å². The third-order valence-corrected chi connectivity index (χ3v) is 2.96. The Morgan fingerprint density at radius 2 is 2.13 bits per heavy atom. The van der Waals surface area contributed by atoms with Crippen LogP contribution < -0.4 is 9.88 Å². The summed E-state index contributed by atoms with van der Waals surface area (Å²) in [5.74, 6) is -0.0173. The zero-order valence-electron chi connectivity index (χ0n) is 7.90. The number of hydrogen-bond donors (Lipinski definition) is 2. The number of rotatable bonds is 3. The molecule has 0 radical (unpaired) electrons. The Morgan fingerprint density at radius 1 is 1.53 bits per heavy atom. The van der Waals surface area contributed by atoms with Gasteiger partial charge in [-0.3, -0.25) is 0 Å². The van der Waals surface area contributed by atoms with Crippen LogP contribution in [0.4, 0.5) is 0 Å². The minimum Gasteiger partial charge on any atom is -0.494 e. The Hall–Kier alpha value is -0.820. The molecule has 1 rings (SSSR count). The van der Waals surface area contributed by atoms with Gasteiger partial charge in [-0.2, -0.15) is 0 Å². The van der Waals surface area contributed by atoms with Gasteiger partial charge in [0.1, 0.15) is 4.90 Å². The highest BCUT2D eigenvalue weighted by Gasteiger charge is 2.18. The van der Waals surface area contributed by atoms with Gasteiger partial charge in [0.05, 0.1) is 18.7 Å². The lowest BCUT2D eigenvalue weighted by atomic mass is 10.2. The summed E-state index contributed by atoms with van der Waals surface area (Å²) < 4.78 is 27.2. The average molecular weight is 252 g/mol. The van der Waals surface area contributed by atoms with Crippen molar-refractivity contribution in [1.29, 1.82) is 0 Å². The van der Waals surface area contributed by atoms with Crippen LogP contribution in [-0.2, 0) is 16.6 Å². The molecule has 0 atom stereocenters. The smallest absolute Gasteiger partial charge is 0.241 e. The third kappa shape index (κ3) is 2.60. The fraction of sp³-hybridized carbons (Fsp3) is 0.250. The van der Waals surface area contributed by atoms with Crippen molar-refractivity contribution in [3.05, 3.63) is 22.7 Å². The highest BCUT2D eigenvalue weighted by molar-refractivity contribution is 7.89. The maximum atomic E-state index is 11.2. The number of primary sulfonamides is 1. The van der Waals surface area contributed by atoms with Crippen molar-refractivity contribution >= 4 is 21.6 Å². The first-order valence-electron chi connectivity index (χ1n) is 3.90. The second-order valence-electron chi connectivity index (χ2n) is 2.81. The monoisotopic (exact) mass is 251 g/mol. The molecule has 0 fully saturated rings. The van der Waals surface area contributed by atoms with Gasteiger partial charge in [-0.25, -0.2) is 13.6 Å². The third-order valence-electron chi connectivity index (χ3n) is 1.76. The molecule has 0 aromatic heterocycles. The van der Waals surface area contributed by atoms with E-state index in [1.165, 1.54) is 19.2 Å². The van der Waals surface area contributed by atoms with Crippen molar-refractivity contribution in [2.24, 2.45) is 5.14 Å². The van der Waals surface area contributed by atoms with Crippen molar-refractivity contribution in [3.8, 4) is 5.75 Å². The van der Waals surface area contributed by atoms with E-state index in [1.54, 1.807) is 0 Å². The molecule has 3 N–H and O–H groups in total. The van der Waals surface area contributed by atoms with Crippen molar-refractivity contribution in [3.63, 3.8) is 0 Å². The number of nitrogens with two attached hydrogens (primary N) is 1. The number of hydrogen-bond acceptors (Lipinski definition) is 4. The maximum Gasteiger partial charge on any atom is 0.241 e. The van der Waals surface area contributed by atoms with Crippen LogP contribution in [0.1, 0.15) is 5.56 Å². The summed E-state index contributed by atoms with van der Waals surface area (Å²) in [5.41, 5.74) is 0.352. The molecule has 0 bridgehead atoms. The summed E-state index contributed by atoms with van der Waals surface area (Å²) in [6, 6.07) is 2.63. The van der Waals surface area contributed by atoms with Crippen LogP contribution in [0, 0.1) is 0 Å². The molecule has 0 saturated carbocycles. The van der Waals surface area contributed by atoms with Crippen LogP contribution in [0.2, 0.25) is 5.02 Å². The zero-order valence-corrected chi connectivity index (χ0v) is 9.47. The lowest BCUT2D eigenvalue weighted by molar-refractivity contribution is 0.281. The van der Waals surface area contributed by atoms with Gasteiger partial charge in [0.15, 0.2) is 5.75 Å². The van der Waals surface area contributed by atoms with E-state index in [2.05, 4.69) is 0 Å². The fourth-order valence-corrected chi connectivity index (χ4v) is 2.26. The second-order valence-corrected chi connectivity index (χ2v) is 4.75. The molecule has 1 aromatic rings. The molecule has 1 aromatic carbocycles. The number of benzene rings is 1. The lowest BCUT2D eigenvalue weighted by Crippen LogP contribution is -2.14. The van der Waals surface area contributed by atoms with Gasteiger partial charge in [0.2, 0.25) is 10.0 Å².